The van der Waals surface area contributed by atoms with E-state index in [1.807, 2.05) is 24.3 Å². The minimum absolute atomic E-state index is 0.0811. The van der Waals surface area contributed by atoms with Gasteiger partial charge in [-0.1, -0.05) is 12.1 Å². The molecule has 0 saturated heterocycles. The van der Waals surface area contributed by atoms with Crippen LogP contribution in [0.15, 0.2) is 24.3 Å². The predicted octanol–water partition coefficient (Wildman–Crippen LogP) is 1.14. The van der Waals surface area contributed by atoms with Gasteiger partial charge in [0.25, 0.3) is 0 Å². The van der Waals surface area contributed by atoms with Gasteiger partial charge in [-0.15, -0.1) is 0 Å². The quantitative estimate of drug-likeness (QED) is 0.682. The fourth-order valence-electron chi connectivity index (χ4n) is 1.14. The highest BCUT2D eigenvalue weighted by Crippen LogP contribution is 2.33. The Kier molecular flexibility index (Phi) is 1.88. The molecule has 13 heavy (non-hydrogen) atoms. The van der Waals surface area contributed by atoms with E-state index in [0.29, 0.717) is 12.3 Å². The number of nitrogen functional groups attached to an aromatic ring is 1. The first kappa shape index (κ1) is 8.38. The van der Waals surface area contributed by atoms with Crippen molar-refractivity contribution in [2.45, 2.75) is 18.4 Å². The summed E-state index contributed by atoms with van der Waals surface area (Å²) in [6, 6.07) is 7.48. The molecule has 1 aliphatic rings. The topological polar surface area (TPSA) is 61.3 Å². The zero-order valence-electron chi connectivity index (χ0n) is 7.49. The largest absolute Gasteiger partial charge is 0.490 e. The highest BCUT2D eigenvalue weighted by atomic mass is 16.5. The van der Waals surface area contributed by atoms with Crippen LogP contribution in [0.3, 0.4) is 0 Å². The molecule has 0 radical (unpaired) electrons. The van der Waals surface area contributed by atoms with Crippen LogP contribution in [-0.2, 0) is 0 Å². The lowest BCUT2D eigenvalue weighted by Gasteiger charge is -2.12. The van der Waals surface area contributed by atoms with E-state index in [-0.39, 0.29) is 5.54 Å². The standard InChI is InChI=1S/C10H14N2O/c11-8-3-1-2-4-9(8)13-7-10(12)5-6-10/h1-4H,5-7,11-12H2. The fourth-order valence-corrected chi connectivity index (χ4v) is 1.14. The van der Waals surface area contributed by atoms with Gasteiger partial charge in [0, 0.05) is 0 Å². The van der Waals surface area contributed by atoms with Gasteiger partial charge in [-0.25, -0.2) is 0 Å². The number of nitrogens with two attached hydrogens (primary N) is 2. The first-order valence-electron chi connectivity index (χ1n) is 4.46. The second-order valence-corrected chi connectivity index (χ2v) is 3.69. The molecule has 0 spiro atoms. The van der Waals surface area contributed by atoms with E-state index in [1.54, 1.807) is 0 Å². The highest BCUT2D eigenvalue weighted by molar-refractivity contribution is 5.51. The summed E-state index contributed by atoms with van der Waals surface area (Å²) in [5, 5.41) is 0. The number of rotatable bonds is 3. The van der Waals surface area contributed by atoms with E-state index >= 15 is 0 Å². The predicted molar refractivity (Wildman–Crippen MR) is 52.5 cm³/mol. The molecule has 2 rings (SSSR count). The molecule has 0 atom stereocenters. The Morgan fingerprint density at radius 3 is 2.62 bits per heavy atom. The molecule has 0 bridgehead atoms. The van der Waals surface area contributed by atoms with Gasteiger partial charge in [0.2, 0.25) is 0 Å². The number of anilines is 1. The van der Waals surface area contributed by atoms with Crippen molar-refractivity contribution < 1.29 is 4.74 Å². The van der Waals surface area contributed by atoms with E-state index in [0.717, 1.165) is 18.6 Å². The van der Waals surface area contributed by atoms with Gasteiger partial charge >= 0.3 is 0 Å². The van der Waals surface area contributed by atoms with Crippen molar-refractivity contribution in [1.29, 1.82) is 0 Å². The number of hydrogen-bond acceptors (Lipinski definition) is 3. The molecule has 70 valence electrons. The van der Waals surface area contributed by atoms with Crippen LogP contribution < -0.4 is 16.2 Å². The maximum absolute atomic E-state index is 5.88. The van der Waals surface area contributed by atoms with E-state index in [4.69, 9.17) is 16.2 Å². The lowest BCUT2D eigenvalue weighted by atomic mass is 10.3. The molecule has 4 N–H and O–H groups in total. The molecule has 3 nitrogen and oxygen atoms in total. The molecule has 1 fully saturated rings. The van der Waals surface area contributed by atoms with Crippen LogP contribution in [0.5, 0.6) is 5.75 Å². The monoisotopic (exact) mass is 178 g/mol. The normalized spacial score (nSPS) is 18.2. The molecular formula is C10H14N2O. The molecule has 1 aromatic carbocycles. The van der Waals surface area contributed by atoms with E-state index in [9.17, 15) is 0 Å². The Balaban J connectivity index is 1.97. The first-order valence-corrected chi connectivity index (χ1v) is 4.46. The summed E-state index contributed by atoms with van der Waals surface area (Å²) in [6.45, 7) is 0.571. The Bertz CT molecular complexity index is 308. The summed E-state index contributed by atoms with van der Waals surface area (Å²) in [4.78, 5) is 0. The lowest BCUT2D eigenvalue weighted by molar-refractivity contribution is 0.281. The summed E-state index contributed by atoms with van der Waals surface area (Å²) >= 11 is 0. The van der Waals surface area contributed by atoms with Gasteiger partial charge in [0.15, 0.2) is 0 Å². The first-order chi connectivity index (χ1) is 6.20. The average Bonchev–Trinajstić information content (AvgIpc) is 2.83. The van der Waals surface area contributed by atoms with Crippen LogP contribution >= 0.6 is 0 Å². The second-order valence-electron chi connectivity index (χ2n) is 3.69. The third kappa shape index (κ3) is 1.92. The van der Waals surface area contributed by atoms with Gasteiger partial charge in [0.1, 0.15) is 12.4 Å². The van der Waals surface area contributed by atoms with Crippen molar-refractivity contribution in [3.05, 3.63) is 24.3 Å². The van der Waals surface area contributed by atoms with Gasteiger partial charge in [0.05, 0.1) is 11.2 Å². The summed E-state index contributed by atoms with van der Waals surface area (Å²) in [5.74, 6) is 0.735. The Hall–Kier alpha value is -1.22. The molecule has 1 aromatic rings. The minimum Gasteiger partial charge on any atom is -0.490 e. The van der Waals surface area contributed by atoms with Crippen molar-refractivity contribution in [2.24, 2.45) is 5.73 Å². The smallest absolute Gasteiger partial charge is 0.142 e. The Morgan fingerprint density at radius 2 is 2.00 bits per heavy atom. The van der Waals surface area contributed by atoms with Gasteiger partial charge in [-0.2, -0.15) is 0 Å². The maximum Gasteiger partial charge on any atom is 0.142 e. The van der Waals surface area contributed by atoms with Crippen LogP contribution in [0, 0.1) is 0 Å². The lowest BCUT2D eigenvalue weighted by Crippen LogP contribution is -2.29. The molecule has 0 aromatic heterocycles. The van der Waals surface area contributed by atoms with Crippen LogP contribution in [0.25, 0.3) is 0 Å². The number of benzene rings is 1. The fraction of sp³-hybridized carbons (Fsp3) is 0.400. The van der Waals surface area contributed by atoms with Gasteiger partial charge < -0.3 is 16.2 Å². The van der Waals surface area contributed by atoms with Crippen LogP contribution in [0.1, 0.15) is 12.8 Å². The number of hydrogen-bond donors (Lipinski definition) is 2. The van der Waals surface area contributed by atoms with Gasteiger partial charge in [-0.05, 0) is 25.0 Å². The zero-order valence-corrected chi connectivity index (χ0v) is 7.49. The van der Waals surface area contributed by atoms with Crippen LogP contribution in [0.4, 0.5) is 5.69 Å². The Labute approximate surface area is 77.7 Å². The van der Waals surface area contributed by atoms with E-state index < -0.39 is 0 Å². The molecule has 0 aliphatic heterocycles. The van der Waals surface area contributed by atoms with Crippen molar-refractivity contribution in [3.63, 3.8) is 0 Å². The van der Waals surface area contributed by atoms with Crippen LogP contribution in [-0.4, -0.2) is 12.1 Å². The molecular weight excluding hydrogens is 164 g/mol. The molecule has 1 saturated carbocycles. The minimum atomic E-state index is -0.0811. The Morgan fingerprint density at radius 1 is 1.31 bits per heavy atom. The third-order valence-electron chi connectivity index (χ3n) is 2.33. The molecule has 3 heteroatoms. The van der Waals surface area contributed by atoms with Crippen molar-refractivity contribution in [3.8, 4) is 5.75 Å². The summed E-state index contributed by atoms with van der Waals surface area (Å²) in [6.07, 6.45) is 2.11. The summed E-state index contributed by atoms with van der Waals surface area (Å²) in [7, 11) is 0. The van der Waals surface area contributed by atoms with Gasteiger partial charge in [-0.3, -0.25) is 0 Å². The molecule has 0 heterocycles. The second kappa shape index (κ2) is 2.92. The summed E-state index contributed by atoms with van der Waals surface area (Å²) < 4.78 is 5.51. The third-order valence-corrected chi connectivity index (χ3v) is 2.33. The summed E-state index contributed by atoms with van der Waals surface area (Å²) in [5.41, 5.74) is 12.2. The number of ether oxygens (including phenoxy) is 1. The van der Waals surface area contributed by atoms with Crippen molar-refractivity contribution in [1.82, 2.24) is 0 Å². The van der Waals surface area contributed by atoms with Crippen molar-refractivity contribution in [2.75, 3.05) is 12.3 Å². The van der Waals surface area contributed by atoms with Crippen molar-refractivity contribution >= 4 is 5.69 Å². The van der Waals surface area contributed by atoms with E-state index in [2.05, 4.69) is 0 Å². The number of para-hydroxylation sites is 2. The highest BCUT2D eigenvalue weighted by Gasteiger charge is 2.39. The average molecular weight is 178 g/mol. The molecule has 0 unspecified atom stereocenters. The zero-order chi connectivity index (χ0) is 9.31. The van der Waals surface area contributed by atoms with E-state index in [1.165, 1.54) is 0 Å². The SMILES string of the molecule is Nc1ccccc1OCC1(N)CC1. The maximum atomic E-state index is 5.88. The molecule has 1 aliphatic carbocycles. The van der Waals surface area contributed by atoms with Crippen LogP contribution in [0.2, 0.25) is 0 Å². The molecule has 0 amide bonds.